The quantitative estimate of drug-likeness (QED) is 0.593. The lowest BCUT2D eigenvalue weighted by molar-refractivity contribution is 0.138. The van der Waals surface area contributed by atoms with Gasteiger partial charge in [0.05, 0.1) is 0 Å². The predicted molar refractivity (Wildman–Crippen MR) is 66.0 cm³/mol. The van der Waals surface area contributed by atoms with Crippen LogP contribution in [0.15, 0.2) is 4.99 Å². The van der Waals surface area contributed by atoms with Crippen LogP contribution in [0.2, 0.25) is 0 Å². The normalized spacial score (nSPS) is 18.6. The molecule has 2 unspecified atom stereocenters. The first-order valence-corrected chi connectivity index (χ1v) is 5.53. The van der Waals surface area contributed by atoms with Crippen LogP contribution < -0.4 is 0 Å². The molecule has 0 aliphatic heterocycles. The van der Waals surface area contributed by atoms with E-state index < -0.39 is 0 Å². The van der Waals surface area contributed by atoms with Crippen LogP contribution in [-0.4, -0.2) is 13.3 Å². The van der Waals surface area contributed by atoms with Gasteiger partial charge in [0, 0.05) is 19.2 Å². The standard InChI is InChI=1S/C13H27N/c1-10(12(2,3)4)11(9-14-8)13(5,6)7/h9-11H,1-8H3/b14-9-. The first-order chi connectivity index (χ1) is 6.10. The van der Waals surface area contributed by atoms with Gasteiger partial charge in [-0.3, -0.25) is 0 Å². The van der Waals surface area contributed by atoms with E-state index in [9.17, 15) is 0 Å². The molecule has 0 amide bonds. The fraction of sp³-hybridized carbons (Fsp3) is 0.923. The largest absolute Gasteiger partial charge is 0.301 e. The zero-order chi connectivity index (χ0) is 11.6. The fourth-order valence-electron chi connectivity index (χ4n) is 1.80. The summed E-state index contributed by atoms with van der Waals surface area (Å²) in [6.45, 7) is 16.1. The molecule has 0 aromatic carbocycles. The molecule has 84 valence electrons. The molecule has 0 bridgehead atoms. The summed E-state index contributed by atoms with van der Waals surface area (Å²) in [4.78, 5) is 4.21. The lowest BCUT2D eigenvalue weighted by atomic mass is 9.65. The molecule has 0 radical (unpaired) electrons. The van der Waals surface area contributed by atoms with E-state index in [-0.39, 0.29) is 0 Å². The molecule has 0 aliphatic rings. The summed E-state index contributed by atoms with van der Waals surface area (Å²) in [5.41, 5.74) is 0.644. The van der Waals surface area contributed by atoms with Gasteiger partial charge in [0.2, 0.25) is 0 Å². The Labute approximate surface area is 90.0 Å². The summed E-state index contributed by atoms with van der Waals surface area (Å²) in [5.74, 6) is 1.19. The highest BCUT2D eigenvalue weighted by molar-refractivity contribution is 5.62. The molecule has 1 heteroatoms. The Bertz CT molecular complexity index is 190. The molecular formula is C13H27N. The molecule has 0 aliphatic carbocycles. The van der Waals surface area contributed by atoms with Crippen LogP contribution >= 0.6 is 0 Å². The Morgan fingerprint density at radius 1 is 0.929 bits per heavy atom. The smallest absolute Gasteiger partial charge is 0.0273 e. The molecule has 0 rings (SSSR count). The Hall–Kier alpha value is -0.330. The molecule has 1 nitrogen and oxygen atoms in total. The Morgan fingerprint density at radius 2 is 1.36 bits per heavy atom. The third-order valence-corrected chi connectivity index (χ3v) is 3.21. The third-order valence-electron chi connectivity index (χ3n) is 3.21. The van der Waals surface area contributed by atoms with E-state index in [2.05, 4.69) is 59.7 Å². The Balaban J connectivity index is 4.85. The van der Waals surface area contributed by atoms with E-state index in [1.165, 1.54) is 0 Å². The van der Waals surface area contributed by atoms with Gasteiger partial charge in [0.1, 0.15) is 0 Å². The van der Waals surface area contributed by atoms with E-state index >= 15 is 0 Å². The van der Waals surface area contributed by atoms with Crippen molar-refractivity contribution in [3.8, 4) is 0 Å². The first kappa shape index (κ1) is 13.7. The SMILES string of the molecule is C/N=C\C(C(C)C(C)(C)C)C(C)(C)C. The molecule has 0 aromatic rings. The molecule has 0 saturated carbocycles. The minimum atomic E-state index is 0.298. The van der Waals surface area contributed by atoms with Crippen molar-refractivity contribution in [1.29, 1.82) is 0 Å². The number of nitrogens with zero attached hydrogens (tertiary/aromatic N) is 1. The number of aliphatic imine (C=N–C) groups is 1. The highest BCUT2D eigenvalue weighted by Gasteiger charge is 2.34. The maximum absolute atomic E-state index is 4.21. The maximum Gasteiger partial charge on any atom is 0.0273 e. The lowest BCUT2D eigenvalue weighted by Crippen LogP contribution is -2.35. The van der Waals surface area contributed by atoms with Crippen LogP contribution in [-0.2, 0) is 0 Å². The fourth-order valence-corrected chi connectivity index (χ4v) is 1.80. The molecule has 0 spiro atoms. The second kappa shape index (κ2) is 4.46. The van der Waals surface area contributed by atoms with Crippen LogP contribution in [0.1, 0.15) is 48.5 Å². The van der Waals surface area contributed by atoms with Gasteiger partial charge < -0.3 is 4.99 Å². The summed E-state index contributed by atoms with van der Waals surface area (Å²) in [7, 11) is 1.87. The van der Waals surface area contributed by atoms with Crippen molar-refractivity contribution in [1.82, 2.24) is 0 Å². The summed E-state index contributed by atoms with van der Waals surface area (Å²) in [6.07, 6.45) is 2.12. The van der Waals surface area contributed by atoms with Crippen LogP contribution in [0.4, 0.5) is 0 Å². The molecule has 0 N–H and O–H groups in total. The summed E-state index contributed by atoms with van der Waals surface area (Å²) >= 11 is 0. The molecule has 2 atom stereocenters. The van der Waals surface area contributed by atoms with Crippen molar-refractivity contribution < 1.29 is 0 Å². The number of rotatable bonds is 2. The van der Waals surface area contributed by atoms with Gasteiger partial charge in [0.15, 0.2) is 0 Å². The molecule has 0 heterocycles. The summed E-state index contributed by atoms with van der Waals surface area (Å²) in [5, 5.41) is 0. The molecule has 0 fully saturated rings. The van der Waals surface area contributed by atoms with E-state index in [0.29, 0.717) is 22.7 Å². The van der Waals surface area contributed by atoms with Gasteiger partial charge >= 0.3 is 0 Å². The first-order valence-electron chi connectivity index (χ1n) is 5.53. The van der Waals surface area contributed by atoms with Gasteiger partial charge in [-0.15, -0.1) is 0 Å². The van der Waals surface area contributed by atoms with Gasteiger partial charge in [0.25, 0.3) is 0 Å². The average Bonchev–Trinajstić information content (AvgIpc) is 1.94. The highest BCUT2D eigenvalue weighted by Crippen LogP contribution is 2.39. The van der Waals surface area contributed by atoms with Crippen LogP contribution in [0.3, 0.4) is 0 Å². The number of hydrogen-bond acceptors (Lipinski definition) is 1. The minimum absolute atomic E-state index is 0.298. The second-order valence-corrected chi connectivity index (χ2v) is 6.45. The van der Waals surface area contributed by atoms with Gasteiger partial charge in [-0.1, -0.05) is 48.5 Å². The van der Waals surface area contributed by atoms with Crippen LogP contribution in [0.5, 0.6) is 0 Å². The third kappa shape index (κ3) is 3.81. The number of hydrogen-bond donors (Lipinski definition) is 0. The summed E-state index contributed by atoms with van der Waals surface area (Å²) < 4.78 is 0. The second-order valence-electron chi connectivity index (χ2n) is 6.45. The van der Waals surface area contributed by atoms with Crippen molar-refractivity contribution in [2.75, 3.05) is 7.05 Å². The van der Waals surface area contributed by atoms with E-state index in [1.807, 2.05) is 7.05 Å². The van der Waals surface area contributed by atoms with Crippen molar-refractivity contribution in [2.24, 2.45) is 27.7 Å². The summed E-state index contributed by atoms with van der Waals surface area (Å²) in [6, 6.07) is 0. The molecule has 0 saturated heterocycles. The predicted octanol–water partition coefficient (Wildman–Crippen LogP) is 4.03. The maximum atomic E-state index is 4.21. The van der Waals surface area contributed by atoms with Gasteiger partial charge in [-0.2, -0.15) is 0 Å². The van der Waals surface area contributed by atoms with Crippen molar-refractivity contribution in [3.63, 3.8) is 0 Å². The van der Waals surface area contributed by atoms with Gasteiger partial charge in [-0.05, 0) is 16.7 Å². The molecule has 14 heavy (non-hydrogen) atoms. The van der Waals surface area contributed by atoms with Crippen molar-refractivity contribution >= 4 is 6.21 Å². The highest BCUT2D eigenvalue weighted by atomic mass is 14.7. The topological polar surface area (TPSA) is 12.4 Å². The zero-order valence-electron chi connectivity index (χ0n) is 11.2. The van der Waals surface area contributed by atoms with Crippen LogP contribution in [0, 0.1) is 22.7 Å². The van der Waals surface area contributed by atoms with Gasteiger partial charge in [-0.25, -0.2) is 0 Å². The zero-order valence-corrected chi connectivity index (χ0v) is 11.2. The van der Waals surface area contributed by atoms with Crippen molar-refractivity contribution in [3.05, 3.63) is 0 Å². The monoisotopic (exact) mass is 197 g/mol. The van der Waals surface area contributed by atoms with Crippen LogP contribution in [0.25, 0.3) is 0 Å². The molecular weight excluding hydrogens is 170 g/mol. The molecule has 0 aromatic heterocycles. The van der Waals surface area contributed by atoms with E-state index in [0.717, 1.165) is 0 Å². The average molecular weight is 197 g/mol. The lowest BCUT2D eigenvalue weighted by Gasteiger charge is -2.39. The Morgan fingerprint density at radius 3 is 1.57 bits per heavy atom. The minimum Gasteiger partial charge on any atom is -0.301 e. The Kier molecular flexibility index (Phi) is 4.35. The van der Waals surface area contributed by atoms with E-state index in [4.69, 9.17) is 0 Å². The van der Waals surface area contributed by atoms with Crippen molar-refractivity contribution in [2.45, 2.75) is 48.5 Å². The van der Waals surface area contributed by atoms with E-state index in [1.54, 1.807) is 0 Å².